The van der Waals surface area contributed by atoms with Gasteiger partial charge in [-0.25, -0.2) is 8.78 Å². The van der Waals surface area contributed by atoms with Crippen LogP contribution in [-0.4, -0.2) is 17.9 Å². The van der Waals surface area contributed by atoms with E-state index in [1.807, 2.05) is 0 Å². The first-order chi connectivity index (χ1) is 8.84. The highest BCUT2D eigenvalue weighted by Crippen LogP contribution is 2.55. The molecule has 1 aliphatic carbocycles. The van der Waals surface area contributed by atoms with Crippen molar-refractivity contribution in [3.8, 4) is 11.5 Å². The molecule has 2 aliphatic rings. The predicted molar refractivity (Wildman–Crippen MR) is 60.7 cm³/mol. The second-order valence-electron chi connectivity index (χ2n) is 5.03. The lowest BCUT2D eigenvalue weighted by atomic mass is 9.91. The maximum atomic E-state index is 13.5. The molecule has 0 unspecified atom stereocenters. The molecule has 1 N–H and O–H groups in total. The summed E-state index contributed by atoms with van der Waals surface area (Å²) in [7, 11) is 0. The van der Waals surface area contributed by atoms with E-state index in [0.29, 0.717) is 18.4 Å². The smallest absolute Gasteiger partial charge is 0.314 e. The van der Waals surface area contributed by atoms with E-state index in [0.717, 1.165) is 6.92 Å². The SMILES string of the molecule is CC(F)(F)c1cc2c(c(C3(C(=O)O)CC3)c1)OCO2. The number of carbonyl (C=O) groups is 1. The molecule has 0 spiro atoms. The van der Waals surface area contributed by atoms with Crippen LogP contribution in [0.3, 0.4) is 0 Å². The number of benzene rings is 1. The van der Waals surface area contributed by atoms with Crippen molar-refractivity contribution in [2.24, 2.45) is 0 Å². The van der Waals surface area contributed by atoms with Crippen molar-refractivity contribution < 1.29 is 28.2 Å². The molecule has 1 heterocycles. The molecule has 0 amide bonds. The largest absolute Gasteiger partial charge is 0.481 e. The van der Waals surface area contributed by atoms with Gasteiger partial charge in [0.25, 0.3) is 5.92 Å². The van der Waals surface area contributed by atoms with Crippen LogP contribution in [0, 0.1) is 0 Å². The van der Waals surface area contributed by atoms with Crippen LogP contribution in [0.5, 0.6) is 11.5 Å². The highest BCUT2D eigenvalue weighted by atomic mass is 19.3. The first-order valence-corrected chi connectivity index (χ1v) is 5.90. The van der Waals surface area contributed by atoms with Gasteiger partial charge in [-0.1, -0.05) is 0 Å². The number of halogens is 2. The molecule has 0 aromatic heterocycles. The van der Waals surface area contributed by atoms with Gasteiger partial charge in [-0.3, -0.25) is 4.79 Å². The standard InChI is InChI=1S/C13H12F2O4/c1-12(14,15)7-4-8(13(2-3-13)11(16)17)10-9(5-7)18-6-19-10/h4-5H,2-3,6H2,1H3,(H,16,17). The van der Waals surface area contributed by atoms with Crippen molar-refractivity contribution in [1.29, 1.82) is 0 Å². The lowest BCUT2D eigenvalue weighted by molar-refractivity contribution is -0.140. The number of rotatable bonds is 3. The number of carboxylic acid groups (broad SMARTS) is 1. The van der Waals surface area contributed by atoms with Gasteiger partial charge < -0.3 is 14.6 Å². The summed E-state index contributed by atoms with van der Waals surface area (Å²) in [6, 6.07) is 2.44. The topological polar surface area (TPSA) is 55.8 Å². The van der Waals surface area contributed by atoms with Crippen LogP contribution in [0.1, 0.15) is 30.9 Å². The molecule has 6 heteroatoms. The molecule has 4 nitrogen and oxygen atoms in total. The molecule has 1 aliphatic heterocycles. The summed E-state index contributed by atoms with van der Waals surface area (Å²) in [6.07, 6.45) is 0.855. The molecule has 1 aromatic carbocycles. The van der Waals surface area contributed by atoms with Gasteiger partial charge in [0.15, 0.2) is 11.5 Å². The zero-order valence-electron chi connectivity index (χ0n) is 10.2. The molecule has 102 valence electrons. The van der Waals surface area contributed by atoms with E-state index in [-0.39, 0.29) is 23.9 Å². The van der Waals surface area contributed by atoms with Gasteiger partial charge in [0, 0.05) is 18.1 Å². The summed E-state index contributed by atoms with van der Waals surface area (Å²) in [6.45, 7) is 0.700. The van der Waals surface area contributed by atoms with Crippen molar-refractivity contribution in [3.63, 3.8) is 0 Å². The fraction of sp³-hybridized carbons (Fsp3) is 0.462. The first-order valence-electron chi connectivity index (χ1n) is 5.90. The number of carboxylic acids is 1. The molecule has 0 saturated heterocycles. The van der Waals surface area contributed by atoms with E-state index < -0.39 is 17.3 Å². The zero-order valence-corrected chi connectivity index (χ0v) is 10.2. The molecule has 1 aromatic rings. The van der Waals surface area contributed by atoms with Gasteiger partial charge in [0.05, 0.1) is 5.41 Å². The third-order valence-corrected chi connectivity index (χ3v) is 3.65. The van der Waals surface area contributed by atoms with Crippen molar-refractivity contribution in [3.05, 3.63) is 23.3 Å². The second kappa shape index (κ2) is 3.59. The minimum atomic E-state index is -3.05. The molecule has 1 fully saturated rings. The van der Waals surface area contributed by atoms with Crippen molar-refractivity contribution >= 4 is 5.97 Å². The summed E-state index contributed by atoms with van der Waals surface area (Å²) in [5.41, 5.74) is -1.05. The Morgan fingerprint density at radius 3 is 2.58 bits per heavy atom. The summed E-state index contributed by atoms with van der Waals surface area (Å²) in [5.74, 6) is -3.58. The Labute approximate surface area is 107 Å². The number of alkyl halides is 2. The molecule has 19 heavy (non-hydrogen) atoms. The normalized spacial score (nSPS) is 19.3. The maximum absolute atomic E-state index is 13.5. The highest BCUT2D eigenvalue weighted by molar-refractivity contribution is 5.86. The van der Waals surface area contributed by atoms with Crippen LogP contribution >= 0.6 is 0 Å². The van der Waals surface area contributed by atoms with Crippen LogP contribution in [0.15, 0.2) is 12.1 Å². The number of ether oxygens (including phenoxy) is 2. The first kappa shape index (κ1) is 12.2. The quantitative estimate of drug-likeness (QED) is 0.917. The van der Waals surface area contributed by atoms with Gasteiger partial charge in [-0.2, -0.15) is 0 Å². The molecular formula is C13H12F2O4. The Morgan fingerprint density at radius 1 is 1.37 bits per heavy atom. The van der Waals surface area contributed by atoms with Gasteiger partial charge in [0.1, 0.15) is 0 Å². The Hall–Kier alpha value is -1.85. The Kier molecular flexibility index (Phi) is 2.30. The second-order valence-corrected chi connectivity index (χ2v) is 5.03. The Morgan fingerprint density at radius 2 is 2.05 bits per heavy atom. The van der Waals surface area contributed by atoms with E-state index in [9.17, 15) is 18.7 Å². The lowest BCUT2D eigenvalue weighted by Gasteiger charge is -2.17. The molecule has 0 radical (unpaired) electrons. The number of aliphatic carboxylic acids is 1. The van der Waals surface area contributed by atoms with Crippen LogP contribution in [-0.2, 0) is 16.1 Å². The van der Waals surface area contributed by atoms with Gasteiger partial charge in [-0.05, 0) is 25.0 Å². The molecule has 3 rings (SSSR count). The minimum absolute atomic E-state index is 0.0726. The summed E-state index contributed by atoms with van der Waals surface area (Å²) < 4.78 is 37.3. The van der Waals surface area contributed by atoms with E-state index in [1.54, 1.807) is 0 Å². The summed E-state index contributed by atoms with van der Waals surface area (Å²) >= 11 is 0. The van der Waals surface area contributed by atoms with Crippen molar-refractivity contribution in [2.45, 2.75) is 31.1 Å². The van der Waals surface area contributed by atoms with E-state index in [1.165, 1.54) is 12.1 Å². The molecule has 0 bridgehead atoms. The highest BCUT2D eigenvalue weighted by Gasteiger charge is 2.54. The average Bonchev–Trinajstić information content (AvgIpc) is 2.98. The fourth-order valence-corrected chi connectivity index (χ4v) is 2.34. The lowest BCUT2D eigenvalue weighted by Crippen LogP contribution is -2.21. The van der Waals surface area contributed by atoms with Gasteiger partial charge in [0.2, 0.25) is 6.79 Å². The summed E-state index contributed by atoms with van der Waals surface area (Å²) in [5, 5.41) is 9.30. The van der Waals surface area contributed by atoms with Gasteiger partial charge >= 0.3 is 5.97 Å². The average molecular weight is 270 g/mol. The monoisotopic (exact) mass is 270 g/mol. The van der Waals surface area contributed by atoms with Crippen LogP contribution in [0.25, 0.3) is 0 Å². The zero-order chi connectivity index (χ0) is 13.8. The van der Waals surface area contributed by atoms with Crippen LogP contribution in [0.2, 0.25) is 0 Å². The summed E-state index contributed by atoms with van der Waals surface area (Å²) in [4.78, 5) is 11.4. The molecular weight excluding hydrogens is 258 g/mol. The minimum Gasteiger partial charge on any atom is -0.481 e. The Balaban J connectivity index is 2.19. The number of hydrogen-bond acceptors (Lipinski definition) is 3. The molecule has 1 saturated carbocycles. The molecule has 0 atom stereocenters. The maximum Gasteiger partial charge on any atom is 0.314 e. The van der Waals surface area contributed by atoms with Crippen molar-refractivity contribution in [1.82, 2.24) is 0 Å². The van der Waals surface area contributed by atoms with Crippen LogP contribution < -0.4 is 9.47 Å². The van der Waals surface area contributed by atoms with Gasteiger partial charge in [-0.15, -0.1) is 0 Å². The predicted octanol–water partition coefficient (Wildman–Crippen LogP) is 2.64. The van der Waals surface area contributed by atoms with Crippen LogP contribution in [0.4, 0.5) is 8.78 Å². The van der Waals surface area contributed by atoms with Crippen molar-refractivity contribution in [2.75, 3.05) is 6.79 Å². The number of hydrogen-bond donors (Lipinski definition) is 1. The van der Waals surface area contributed by atoms with E-state index >= 15 is 0 Å². The third kappa shape index (κ3) is 1.74. The third-order valence-electron chi connectivity index (χ3n) is 3.65. The Bertz CT molecular complexity index is 558. The number of fused-ring (bicyclic) bond motifs is 1. The van der Waals surface area contributed by atoms with E-state index in [2.05, 4.69) is 0 Å². The fourth-order valence-electron chi connectivity index (χ4n) is 2.34. The van der Waals surface area contributed by atoms with E-state index in [4.69, 9.17) is 9.47 Å².